The maximum Gasteiger partial charge on any atom is 0.251 e. The maximum atomic E-state index is 12.6. The summed E-state index contributed by atoms with van der Waals surface area (Å²) in [5.74, 6) is 0.789. The summed E-state index contributed by atoms with van der Waals surface area (Å²) >= 11 is 0. The van der Waals surface area contributed by atoms with E-state index in [1.165, 1.54) is 31.5 Å². The van der Waals surface area contributed by atoms with Crippen LogP contribution in [0.25, 0.3) is 0 Å². The maximum absolute atomic E-state index is 12.6. The number of nitrogens with zero attached hydrogens (tertiary/aromatic N) is 1. The monoisotopic (exact) mass is 350 g/mol. The molecule has 1 heterocycles. The van der Waals surface area contributed by atoms with Crippen LogP contribution in [0.5, 0.6) is 0 Å². The Morgan fingerprint density at radius 1 is 1.15 bits per heavy atom. The fourth-order valence-electron chi connectivity index (χ4n) is 3.80. The minimum atomic E-state index is -0.00107. The van der Waals surface area contributed by atoms with E-state index in [1.807, 2.05) is 30.3 Å². The molecular formula is C23H30N2O. The molecule has 2 atom stereocenters. The molecule has 1 saturated heterocycles. The van der Waals surface area contributed by atoms with E-state index in [4.69, 9.17) is 0 Å². The first-order valence-electron chi connectivity index (χ1n) is 9.82. The molecule has 0 bridgehead atoms. The van der Waals surface area contributed by atoms with Crippen molar-refractivity contribution in [2.45, 2.75) is 45.7 Å². The van der Waals surface area contributed by atoms with Crippen molar-refractivity contribution in [2.24, 2.45) is 5.92 Å². The predicted molar refractivity (Wildman–Crippen MR) is 107 cm³/mol. The molecule has 1 fully saturated rings. The van der Waals surface area contributed by atoms with Crippen LogP contribution in [-0.4, -0.2) is 23.9 Å². The summed E-state index contributed by atoms with van der Waals surface area (Å²) in [6.45, 7) is 7.77. The Hall–Kier alpha value is -2.13. The molecule has 3 heteroatoms. The van der Waals surface area contributed by atoms with Crippen LogP contribution in [0.2, 0.25) is 0 Å². The molecule has 26 heavy (non-hydrogen) atoms. The van der Waals surface area contributed by atoms with Gasteiger partial charge in [0.1, 0.15) is 0 Å². The van der Waals surface area contributed by atoms with E-state index in [0.717, 1.165) is 30.0 Å². The summed E-state index contributed by atoms with van der Waals surface area (Å²) < 4.78 is 0. The lowest BCUT2D eigenvalue weighted by Crippen LogP contribution is -2.33. The van der Waals surface area contributed by atoms with Gasteiger partial charge in [0.05, 0.1) is 6.04 Å². The van der Waals surface area contributed by atoms with Gasteiger partial charge >= 0.3 is 0 Å². The van der Waals surface area contributed by atoms with Gasteiger partial charge in [-0.05, 0) is 55.0 Å². The van der Waals surface area contributed by atoms with Crippen molar-refractivity contribution >= 4 is 5.91 Å². The number of carbonyl (C=O) groups excluding carboxylic acids is 1. The van der Waals surface area contributed by atoms with E-state index in [-0.39, 0.29) is 11.9 Å². The predicted octanol–water partition coefficient (Wildman–Crippen LogP) is 4.80. The van der Waals surface area contributed by atoms with Crippen molar-refractivity contribution in [3.05, 3.63) is 71.3 Å². The summed E-state index contributed by atoms with van der Waals surface area (Å²) in [5, 5.41) is 3.16. The molecule has 138 valence electrons. The molecule has 1 aliphatic rings. The minimum Gasteiger partial charge on any atom is -0.345 e. The number of piperidine rings is 1. The highest BCUT2D eigenvalue weighted by Crippen LogP contribution is 2.19. The third-order valence-electron chi connectivity index (χ3n) is 5.28. The number of benzene rings is 2. The zero-order chi connectivity index (χ0) is 18.4. The topological polar surface area (TPSA) is 32.3 Å². The highest BCUT2D eigenvalue weighted by atomic mass is 16.1. The Kier molecular flexibility index (Phi) is 6.45. The number of carbonyl (C=O) groups is 1. The van der Waals surface area contributed by atoms with Gasteiger partial charge < -0.3 is 5.32 Å². The van der Waals surface area contributed by atoms with Crippen LogP contribution in [0.3, 0.4) is 0 Å². The Morgan fingerprint density at radius 3 is 2.54 bits per heavy atom. The molecule has 1 N–H and O–H groups in total. The number of hydrogen-bond donors (Lipinski definition) is 1. The van der Waals surface area contributed by atoms with Gasteiger partial charge in [0.15, 0.2) is 0 Å². The summed E-state index contributed by atoms with van der Waals surface area (Å²) in [4.78, 5) is 15.1. The molecule has 0 unspecified atom stereocenters. The van der Waals surface area contributed by atoms with Crippen molar-refractivity contribution < 1.29 is 4.79 Å². The van der Waals surface area contributed by atoms with Gasteiger partial charge in [-0.1, -0.05) is 56.3 Å². The van der Waals surface area contributed by atoms with Crippen molar-refractivity contribution in [3.63, 3.8) is 0 Å². The average molecular weight is 351 g/mol. The van der Waals surface area contributed by atoms with Crippen LogP contribution in [0.1, 0.15) is 60.6 Å². The summed E-state index contributed by atoms with van der Waals surface area (Å²) in [6.07, 6.45) is 3.51. The first-order chi connectivity index (χ1) is 12.7. The fourth-order valence-corrected chi connectivity index (χ4v) is 3.80. The van der Waals surface area contributed by atoms with Gasteiger partial charge in [0, 0.05) is 18.7 Å². The third-order valence-corrected chi connectivity index (χ3v) is 5.28. The Labute approximate surface area is 157 Å². The number of rotatable bonds is 6. The third kappa shape index (κ3) is 4.95. The lowest BCUT2D eigenvalue weighted by molar-refractivity contribution is 0.0935. The summed E-state index contributed by atoms with van der Waals surface area (Å²) in [5.41, 5.74) is 3.17. The molecule has 0 aromatic heterocycles. The SMILES string of the molecule is CC[C@@H](NC(=O)c1ccc(CN2CCC[C@H](C)C2)cc1)c1ccccc1. The zero-order valence-corrected chi connectivity index (χ0v) is 15.9. The van der Waals surface area contributed by atoms with Gasteiger partial charge in [0.25, 0.3) is 5.91 Å². The summed E-state index contributed by atoms with van der Waals surface area (Å²) in [7, 11) is 0. The van der Waals surface area contributed by atoms with Crippen LogP contribution < -0.4 is 5.32 Å². The van der Waals surface area contributed by atoms with E-state index >= 15 is 0 Å². The van der Waals surface area contributed by atoms with Crippen LogP contribution in [0.4, 0.5) is 0 Å². The van der Waals surface area contributed by atoms with Crippen LogP contribution in [0.15, 0.2) is 54.6 Å². The smallest absolute Gasteiger partial charge is 0.251 e. The van der Waals surface area contributed by atoms with Gasteiger partial charge in [-0.25, -0.2) is 0 Å². The molecule has 3 nitrogen and oxygen atoms in total. The fraction of sp³-hybridized carbons (Fsp3) is 0.435. The standard InChI is InChI=1S/C23H30N2O/c1-3-22(20-9-5-4-6-10-20)24-23(26)21-13-11-19(12-14-21)17-25-15-7-8-18(2)16-25/h4-6,9-14,18,22H,3,7-8,15-17H2,1-2H3,(H,24,26)/t18-,22+/m0/s1. The second kappa shape index (κ2) is 9.00. The van der Waals surface area contributed by atoms with Gasteiger partial charge in [-0.3, -0.25) is 9.69 Å². The van der Waals surface area contributed by atoms with Crippen LogP contribution >= 0.6 is 0 Å². The lowest BCUT2D eigenvalue weighted by atomic mass is 9.99. The number of hydrogen-bond acceptors (Lipinski definition) is 2. The molecular weight excluding hydrogens is 320 g/mol. The average Bonchev–Trinajstić information content (AvgIpc) is 2.67. The van der Waals surface area contributed by atoms with Crippen molar-refractivity contribution in [1.82, 2.24) is 10.2 Å². The molecule has 0 spiro atoms. The van der Waals surface area contributed by atoms with E-state index in [2.05, 4.69) is 48.3 Å². The van der Waals surface area contributed by atoms with Crippen LogP contribution in [0, 0.1) is 5.92 Å². The molecule has 1 amide bonds. The highest BCUT2D eigenvalue weighted by molar-refractivity contribution is 5.94. The normalized spacial score (nSPS) is 19.1. The Balaban J connectivity index is 1.59. The van der Waals surface area contributed by atoms with E-state index in [0.29, 0.717) is 0 Å². The van der Waals surface area contributed by atoms with Crippen LogP contribution in [-0.2, 0) is 6.54 Å². The van der Waals surface area contributed by atoms with Gasteiger partial charge in [-0.15, -0.1) is 0 Å². The molecule has 0 aliphatic carbocycles. The zero-order valence-electron chi connectivity index (χ0n) is 15.9. The first-order valence-corrected chi connectivity index (χ1v) is 9.82. The minimum absolute atomic E-state index is 0.00107. The van der Waals surface area contributed by atoms with Crippen molar-refractivity contribution in [1.29, 1.82) is 0 Å². The highest BCUT2D eigenvalue weighted by Gasteiger charge is 2.17. The Morgan fingerprint density at radius 2 is 1.88 bits per heavy atom. The van der Waals surface area contributed by atoms with Gasteiger partial charge in [0.2, 0.25) is 0 Å². The van der Waals surface area contributed by atoms with E-state index in [1.54, 1.807) is 0 Å². The summed E-state index contributed by atoms with van der Waals surface area (Å²) in [6, 6.07) is 18.3. The molecule has 1 aliphatic heterocycles. The van der Waals surface area contributed by atoms with E-state index in [9.17, 15) is 4.79 Å². The molecule has 2 aromatic rings. The molecule has 2 aromatic carbocycles. The molecule has 0 radical (unpaired) electrons. The van der Waals surface area contributed by atoms with Gasteiger partial charge in [-0.2, -0.15) is 0 Å². The Bertz CT molecular complexity index is 696. The second-order valence-corrected chi connectivity index (χ2v) is 7.52. The largest absolute Gasteiger partial charge is 0.345 e. The van der Waals surface area contributed by atoms with Crippen molar-refractivity contribution in [3.8, 4) is 0 Å². The lowest BCUT2D eigenvalue weighted by Gasteiger charge is -2.30. The molecule has 0 saturated carbocycles. The van der Waals surface area contributed by atoms with Crippen molar-refractivity contribution in [2.75, 3.05) is 13.1 Å². The molecule has 3 rings (SSSR count). The first kappa shape index (κ1) is 18.7. The number of amides is 1. The number of nitrogens with one attached hydrogen (secondary N) is 1. The number of likely N-dealkylation sites (tertiary alicyclic amines) is 1. The second-order valence-electron chi connectivity index (χ2n) is 7.52. The quantitative estimate of drug-likeness (QED) is 0.811. The van der Waals surface area contributed by atoms with E-state index < -0.39 is 0 Å².